The zero-order chi connectivity index (χ0) is 17.1. The maximum Gasteiger partial charge on any atom is 0.101 e. The van der Waals surface area contributed by atoms with E-state index in [1.54, 1.807) is 6.07 Å². The normalized spacial score (nSPS) is 16.8. The van der Waals surface area contributed by atoms with E-state index in [9.17, 15) is 0 Å². The van der Waals surface area contributed by atoms with Gasteiger partial charge in [0.2, 0.25) is 0 Å². The van der Waals surface area contributed by atoms with E-state index in [1.165, 1.54) is 11.3 Å². The first-order valence-electron chi connectivity index (χ1n) is 8.33. The second kappa shape index (κ2) is 7.11. The van der Waals surface area contributed by atoms with Gasteiger partial charge in [0, 0.05) is 24.8 Å². The van der Waals surface area contributed by atoms with Crippen LogP contribution in [0.5, 0.6) is 0 Å². The van der Waals surface area contributed by atoms with Crippen LogP contribution in [0, 0.1) is 11.3 Å². The lowest BCUT2D eigenvalue weighted by Gasteiger charge is -2.30. The number of rotatable bonds is 5. The maximum absolute atomic E-state index is 9.04. The Bertz CT molecular complexity index is 800. The second-order valence-corrected chi connectivity index (χ2v) is 6.36. The molecule has 2 aromatic rings. The van der Waals surface area contributed by atoms with Crippen LogP contribution < -0.4 is 4.90 Å². The Kier molecular flexibility index (Phi) is 4.92. The lowest BCUT2D eigenvalue weighted by atomic mass is 10.1. The van der Waals surface area contributed by atoms with Gasteiger partial charge in [-0.3, -0.25) is 0 Å². The average molecular weight is 341 g/mol. The molecule has 4 nitrogen and oxygen atoms in total. The van der Waals surface area contributed by atoms with Gasteiger partial charge >= 0.3 is 0 Å². The molecule has 1 heterocycles. The average Bonchev–Trinajstić information content (AvgIpc) is 3.24. The quantitative estimate of drug-likeness (QED) is 0.805. The molecule has 0 fully saturated rings. The van der Waals surface area contributed by atoms with Gasteiger partial charge in [-0.1, -0.05) is 17.7 Å². The minimum absolute atomic E-state index is 0.411. The van der Waals surface area contributed by atoms with Crippen LogP contribution in [-0.4, -0.2) is 22.1 Å². The van der Waals surface area contributed by atoms with Crippen LogP contribution in [0.25, 0.3) is 5.57 Å². The Morgan fingerprint density at radius 3 is 2.92 bits per heavy atom. The summed E-state index contributed by atoms with van der Waals surface area (Å²) in [5.74, 6) is 0. The van der Waals surface area contributed by atoms with Crippen molar-refractivity contribution >= 4 is 22.9 Å². The molecule has 3 rings (SSSR count). The van der Waals surface area contributed by atoms with E-state index in [2.05, 4.69) is 40.4 Å². The number of aryl methyl sites for hydroxylation is 1. The molecule has 1 aromatic carbocycles. The summed E-state index contributed by atoms with van der Waals surface area (Å²) in [4.78, 5) is 6.64. The number of nitrogens with zero attached hydrogens (tertiary/aromatic N) is 4. The largest absolute Gasteiger partial charge is 0.368 e. The number of benzene rings is 1. The Balaban J connectivity index is 1.79. The van der Waals surface area contributed by atoms with Crippen LogP contribution in [0.15, 0.2) is 36.8 Å². The number of nitriles is 1. The van der Waals surface area contributed by atoms with Gasteiger partial charge in [0.15, 0.2) is 0 Å². The predicted octanol–water partition coefficient (Wildman–Crippen LogP) is 4.50. The highest BCUT2D eigenvalue weighted by Crippen LogP contribution is 2.34. The van der Waals surface area contributed by atoms with Crippen molar-refractivity contribution in [1.29, 1.82) is 5.26 Å². The molecule has 0 bridgehead atoms. The summed E-state index contributed by atoms with van der Waals surface area (Å²) in [7, 11) is 0. The number of hydrogen-bond donors (Lipinski definition) is 0. The smallest absolute Gasteiger partial charge is 0.101 e. The van der Waals surface area contributed by atoms with Gasteiger partial charge in [-0.25, -0.2) is 4.98 Å². The van der Waals surface area contributed by atoms with E-state index in [0.29, 0.717) is 16.6 Å². The summed E-state index contributed by atoms with van der Waals surface area (Å²) in [6.45, 7) is 6.12. The fourth-order valence-electron chi connectivity index (χ4n) is 3.41. The summed E-state index contributed by atoms with van der Waals surface area (Å²) in [6.07, 6.45) is 8.17. The fraction of sp³-hybridized carbons (Fsp3) is 0.368. The molecule has 1 aliphatic carbocycles. The zero-order valence-electron chi connectivity index (χ0n) is 14.0. The molecular weight excluding hydrogens is 320 g/mol. The highest BCUT2D eigenvalue weighted by atomic mass is 35.5. The van der Waals surface area contributed by atoms with Crippen molar-refractivity contribution in [2.45, 2.75) is 39.3 Å². The number of aromatic nitrogens is 2. The minimum atomic E-state index is 0.411. The first-order chi connectivity index (χ1) is 11.7. The van der Waals surface area contributed by atoms with Crippen molar-refractivity contribution < 1.29 is 0 Å². The van der Waals surface area contributed by atoms with Crippen LogP contribution in [0.2, 0.25) is 5.02 Å². The van der Waals surface area contributed by atoms with Crippen molar-refractivity contribution in [3.8, 4) is 6.07 Å². The zero-order valence-corrected chi connectivity index (χ0v) is 14.8. The Morgan fingerprint density at radius 2 is 2.25 bits per heavy atom. The minimum Gasteiger partial charge on any atom is -0.368 e. The lowest BCUT2D eigenvalue weighted by Crippen LogP contribution is -2.33. The van der Waals surface area contributed by atoms with Gasteiger partial charge in [0.1, 0.15) is 6.07 Å². The molecule has 0 spiro atoms. The lowest BCUT2D eigenvalue weighted by molar-refractivity contribution is 0.639. The van der Waals surface area contributed by atoms with Crippen molar-refractivity contribution in [1.82, 2.24) is 9.55 Å². The number of imidazole rings is 1. The van der Waals surface area contributed by atoms with Crippen LogP contribution in [0.3, 0.4) is 0 Å². The summed E-state index contributed by atoms with van der Waals surface area (Å²) in [6, 6.07) is 8.22. The van der Waals surface area contributed by atoms with Crippen molar-refractivity contribution in [2.75, 3.05) is 11.4 Å². The molecule has 124 valence electrons. The van der Waals surface area contributed by atoms with E-state index in [1.807, 2.05) is 24.7 Å². The molecular formula is C19H21ClN4. The Hall–Kier alpha value is -2.25. The first-order valence-corrected chi connectivity index (χ1v) is 8.71. The van der Waals surface area contributed by atoms with Crippen LogP contribution in [0.1, 0.15) is 37.9 Å². The molecule has 0 radical (unpaired) electrons. The molecule has 0 saturated heterocycles. The summed E-state index contributed by atoms with van der Waals surface area (Å²) >= 11 is 6.21. The van der Waals surface area contributed by atoms with Gasteiger partial charge in [-0.2, -0.15) is 5.26 Å². The number of hydrogen-bond acceptors (Lipinski definition) is 3. The maximum atomic E-state index is 9.04. The third-order valence-corrected chi connectivity index (χ3v) is 4.97. The van der Waals surface area contributed by atoms with Gasteiger partial charge in [0.05, 0.1) is 28.8 Å². The monoisotopic (exact) mass is 340 g/mol. The van der Waals surface area contributed by atoms with E-state index in [4.69, 9.17) is 16.9 Å². The summed E-state index contributed by atoms with van der Waals surface area (Å²) in [5, 5.41) is 9.56. The van der Waals surface area contributed by atoms with Gasteiger partial charge < -0.3 is 9.47 Å². The molecule has 1 aliphatic rings. The van der Waals surface area contributed by atoms with E-state index < -0.39 is 0 Å². The first kappa shape index (κ1) is 16.6. The van der Waals surface area contributed by atoms with Crippen molar-refractivity contribution in [2.24, 2.45) is 0 Å². The molecule has 0 N–H and O–H groups in total. The van der Waals surface area contributed by atoms with Crippen LogP contribution in [0.4, 0.5) is 5.69 Å². The van der Waals surface area contributed by atoms with Gasteiger partial charge in [-0.05, 0) is 50.5 Å². The van der Waals surface area contributed by atoms with Crippen LogP contribution >= 0.6 is 11.6 Å². The molecule has 0 amide bonds. The molecule has 1 aromatic heterocycles. The predicted molar refractivity (Wildman–Crippen MR) is 98.1 cm³/mol. The van der Waals surface area contributed by atoms with E-state index in [0.717, 1.165) is 31.6 Å². The second-order valence-electron chi connectivity index (χ2n) is 5.95. The Morgan fingerprint density at radius 1 is 1.42 bits per heavy atom. The third kappa shape index (κ3) is 3.05. The Labute approximate surface area is 148 Å². The highest BCUT2D eigenvalue weighted by Gasteiger charge is 2.25. The van der Waals surface area contributed by atoms with E-state index >= 15 is 0 Å². The topological polar surface area (TPSA) is 44.9 Å². The molecule has 24 heavy (non-hydrogen) atoms. The standard InChI is InChI=1S/C19H21ClN4/c1-3-23-13-22-12-19(23)14-5-7-16(9-14)24(4-2)17-8-6-15(11-21)18(20)10-17/h5-6,8,10,12-13,16H,3-4,7,9H2,1-2H3. The van der Waals surface area contributed by atoms with Gasteiger partial charge in [0.25, 0.3) is 0 Å². The fourth-order valence-corrected chi connectivity index (χ4v) is 3.63. The molecule has 1 atom stereocenters. The molecule has 1 unspecified atom stereocenters. The number of anilines is 1. The third-order valence-electron chi connectivity index (χ3n) is 4.66. The molecule has 5 heteroatoms. The molecule has 0 saturated carbocycles. The summed E-state index contributed by atoms with van der Waals surface area (Å²) in [5.41, 5.74) is 4.17. The SMILES string of the molecule is CCN(c1ccc(C#N)c(Cl)c1)C1CC=C(c2cncn2CC)C1. The summed E-state index contributed by atoms with van der Waals surface area (Å²) < 4.78 is 2.18. The highest BCUT2D eigenvalue weighted by molar-refractivity contribution is 6.32. The van der Waals surface area contributed by atoms with Crippen molar-refractivity contribution in [3.63, 3.8) is 0 Å². The van der Waals surface area contributed by atoms with Crippen molar-refractivity contribution in [3.05, 3.63) is 53.1 Å². The van der Waals surface area contributed by atoms with E-state index in [-0.39, 0.29) is 0 Å². The van der Waals surface area contributed by atoms with Crippen LogP contribution in [-0.2, 0) is 6.54 Å². The van der Waals surface area contributed by atoms with Gasteiger partial charge in [-0.15, -0.1) is 0 Å². The number of halogens is 1. The molecule has 0 aliphatic heterocycles.